The van der Waals surface area contributed by atoms with Gasteiger partial charge in [0, 0.05) is 25.7 Å². The van der Waals surface area contributed by atoms with Crippen LogP contribution in [0.4, 0.5) is 0 Å². The number of nitrogens with zero attached hydrogens (tertiary/aromatic N) is 2. The lowest BCUT2D eigenvalue weighted by Crippen LogP contribution is -2.44. The van der Waals surface area contributed by atoms with Gasteiger partial charge in [0.25, 0.3) is 0 Å². The van der Waals surface area contributed by atoms with Crippen LogP contribution in [0, 0.1) is 0 Å². The van der Waals surface area contributed by atoms with Crippen molar-refractivity contribution < 1.29 is 0 Å². The molecule has 52 valence electrons. The van der Waals surface area contributed by atoms with Crippen LogP contribution < -0.4 is 0 Å². The molecule has 2 saturated heterocycles. The highest BCUT2D eigenvalue weighted by Gasteiger charge is 2.29. The Kier molecular flexibility index (Phi) is 1.24. The van der Waals surface area contributed by atoms with E-state index >= 15 is 0 Å². The normalized spacial score (nSPS) is 43.7. The van der Waals surface area contributed by atoms with Gasteiger partial charge in [0.1, 0.15) is 0 Å². The third kappa shape index (κ3) is 0.864. The standard InChI is InChI=1S/C7H14N2/c1-8-4-5-9-3-2-7(8)6-9/h7H,2-6H2,1H3. The van der Waals surface area contributed by atoms with Gasteiger partial charge in [-0.1, -0.05) is 0 Å². The van der Waals surface area contributed by atoms with Crippen LogP contribution in [-0.2, 0) is 0 Å². The van der Waals surface area contributed by atoms with Crippen LogP contribution in [0.15, 0.2) is 0 Å². The molecule has 0 amide bonds. The Balaban J connectivity index is 2.05. The summed E-state index contributed by atoms with van der Waals surface area (Å²) >= 11 is 0. The maximum absolute atomic E-state index is 2.56. The van der Waals surface area contributed by atoms with Gasteiger partial charge in [-0.2, -0.15) is 0 Å². The van der Waals surface area contributed by atoms with E-state index in [0.717, 1.165) is 6.04 Å². The first kappa shape index (κ1) is 5.69. The zero-order valence-corrected chi connectivity index (χ0v) is 6.01. The zero-order valence-electron chi connectivity index (χ0n) is 6.01. The maximum atomic E-state index is 2.56. The minimum atomic E-state index is 0.888. The summed E-state index contributed by atoms with van der Waals surface area (Å²) < 4.78 is 0. The van der Waals surface area contributed by atoms with Crippen LogP contribution >= 0.6 is 0 Å². The highest BCUT2D eigenvalue weighted by atomic mass is 15.3. The van der Waals surface area contributed by atoms with Crippen LogP contribution in [-0.4, -0.2) is 49.1 Å². The van der Waals surface area contributed by atoms with Gasteiger partial charge in [-0.25, -0.2) is 0 Å². The van der Waals surface area contributed by atoms with Crippen molar-refractivity contribution in [1.82, 2.24) is 9.80 Å². The Morgan fingerprint density at radius 3 is 2.89 bits per heavy atom. The summed E-state index contributed by atoms with van der Waals surface area (Å²) in [6.45, 7) is 5.25. The monoisotopic (exact) mass is 126 g/mol. The summed E-state index contributed by atoms with van der Waals surface area (Å²) in [5, 5.41) is 0. The van der Waals surface area contributed by atoms with Gasteiger partial charge < -0.3 is 9.80 Å². The van der Waals surface area contributed by atoms with E-state index in [1.807, 2.05) is 0 Å². The molecule has 0 aromatic heterocycles. The second-order valence-corrected chi connectivity index (χ2v) is 3.22. The maximum Gasteiger partial charge on any atom is 0.0232 e. The van der Waals surface area contributed by atoms with Gasteiger partial charge in [-0.15, -0.1) is 0 Å². The van der Waals surface area contributed by atoms with E-state index in [1.54, 1.807) is 0 Å². The molecule has 0 saturated carbocycles. The number of piperazine rings is 1. The smallest absolute Gasteiger partial charge is 0.0232 e. The van der Waals surface area contributed by atoms with Crippen molar-refractivity contribution in [3.63, 3.8) is 0 Å². The van der Waals surface area contributed by atoms with Crippen LogP contribution in [0.3, 0.4) is 0 Å². The summed E-state index contributed by atoms with van der Waals surface area (Å²) in [6.07, 6.45) is 1.40. The van der Waals surface area contributed by atoms with Gasteiger partial charge in [0.2, 0.25) is 0 Å². The van der Waals surface area contributed by atoms with E-state index in [4.69, 9.17) is 0 Å². The average molecular weight is 126 g/mol. The Hall–Kier alpha value is -0.0800. The van der Waals surface area contributed by atoms with Gasteiger partial charge >= 0.3 is 0 Å². The number of hydrogen-bond donors (Lipinski definition) is 0. The van der Waals surface area contributed by atoms with E-state index in [2.05, 4.69) is 16.8 Å². The lowest BCUT2D eigenvalue weighted by Gasteiger charge is -2.30. The van der Waals surface area contributed by atoms with E-state index in [1.165, 1.54) is 32.6 Å². The summed E-state index contributed by atoms with van der Waals surface area (Å²) in [6, 6.07) is 0.888. The molecule has 2 aliphatic rings. The van der Waals surface area contributed by atoms with Crippen molar-refractivity contribution in [3.05, 3.63) is 0 Å². The predicted octanol–water partition coefficient (Wildman–Crippen LogP) is 0.00610. The quantitative estimate of drug-likeness (QED) is 0.451. The molecule has 0 radical (unpaired) electrons. The minimum absolute atomic E-state index is 0.888. The Labute approximate surface area is 56.4 Å². The van der Waals surface area contributed by atoms with Crippen molar-refractivity contribution in [2.45, 2.75) is 12.5 Å². The summed E-state index contributed by atoms with van der Waals surface area (Å²) in [7, 11) is 2.24. The minimum Gasteiger partial charge on any atom is -0.301 e. The van der Waals surface area contributed by atoms with Crippen molar-refractivity contribution >= 4 is 0 Å². The largest absolute Gasteiger partial charge is 0.301 e. The second-order valence-electron chi connectivity index (χ2n) is 3.22. The average Bonchev–Trinajstić information content (AvgIpc) is 2.25. The number of hydrogen-bond acceptors (Lipinski definition) is 2. The molecule has 0 aromatic carbocycles. The molecule has 2 unspecified atom stereocenters. The van der Waals surface area contributed by atoms with E-state index in [0.29, 0.717) is 0 Å². The van der Waals surface area contributed by atoms with E-state index in [9.17, 15) is 0 Å². The molecule has 2 heteroatoms. The highest BCUT2D eigenvalue weighted by molar-refractivity contribution is 4.86. The summed E-state index contributed by atoms with van der Waals surface area (Å²) in [4.78, 5) is 5.05. The fraction of sp³-hybridized carbons (Fsp3) is 1.00. The molecule has 0 aromatic rings. The fourth-order valence-electron chi connectivity index (χ4n) is 1.86. The fourth-order valence-corrected chi connectivity index (χ4v) is 1.86. The molecule has 2 atom stereocenters. The first-order valence-corrected chi connectivity index (χ1v) is 3.79. The lowest BCUT2D eigenvalue weighted by atomic mass is 10.2. The molecule has 2 bridgehead atoms. The number of fused-ring (bicyclic) bond motifs is 2. The molecule has 2 heterocycles. The van der Waals surface area contributed by atoms with Crippen LogP contribution in [0.1, 0.15) is 6.42 Å². The predicted molar refractivity (Wildman–Crippen MR) is 37.5 cm³/mol. The zero-order chi connectivity index (χ0) is 6.27. The Morgan fingerprint density at radius 2 is 2.11 bits per heavy atom. The van der Waals surface area contributed by atoms with Gasteiger partial charge in [-0.3, -0.25) is 0 Å². The highest BCUT2D eigenvalue weighted by Crippen LogP contribution is 2.17. The third-order valence-electron chi connectivity index (χ3n) is 2.64. The lowest BCUT2D eigenvalue weighted by molar-refractivity contribution is 0.165. The molecular formula is C7H14N2. The topological polar surface area (TPSA) is 6.48 Å². The van der Waals surface area contributed by atoms with Gasteiger partial charge in [-0.05, 0) is 20.0 Å². The summed E-state index contributed by atoms with van der Waals surface area (Å²) in [5.41, 5.74) is 0. The van der Waals surface area contributed by atoms with Gasteiger partial charge in [0.05, 0.1) is 0 Å². The molecule has 0 aliphatic carbocycles. The molecule has 2 rings (SSSR count). The van der Waals surface area contributed by atoms with E-state index < -0.39 is 0 Å². The van der Waals surface area contributed by atoms with Crippen molar-refractivity contribution in [1.29, 1.82) is 0 Å². The summed E-state index contributed by atoms with van der Waals surface area (Å²) in [5.74, 6) is 0. The molecule has 0 spiro atoms. The molecule has 9 heavy (non-hydrogen) atoms. The Bertz CT molecular complexity index is 113. The number of rotatable bonds is 0. The molecule has 0 N–H and O–H groups in total. The molecule has 2 nitrogen and oxygen atoms in total. The second kappa shape index (κ2) is 1.96. The van der Waals surface area contributed by atoms with Crippen LogP contribution in [0.2, 0.25) is 0 Å². The molecular weight excluding hydrogens is 112 g/mol. The number of likely N-dealkylation sites (N-methyl/N-ethyl adjacent to an activating group) is 1. The third-order valence-corrected chi connectivity index (χ3v) is 2.64. The SMILES string of the molecule is CN1CCN2CCC1C2. The molecule has 2 aliphatic heterocycles. The first-order valence-electron chi connectivity index (χ1n) is 3.79. The van der Waals surface area contributed by atoms with Gasteiger partial charge in [0.15, 0.2) is 0 Å². The van der Waals surface area contributed by atoms with Crippen LogP contribution in [0.5, 0.6) is 0 Å². The van der Waals surface area contributed by atoms with Crippen molar-refractivity contribution in [2.75, 3.05) is 33.2 Å². The van der Waals surface area contributed by atoms with E-state index in [-0.39, 0.29) is 0 Å². The molecule has 2 fully saturated rings. The first-order chi connectivity index (χ1) is 4.36. The van der Waals surface area contributed by atoms with Crippen LogP contribution in [0.25, 0.3) is 0 Å². The van der Waals surface area contributed by atoms with Crippen molar-refractivity contribution in [2.24, 2.45) is 0 Å². The Morgan fingerprint density at radius 1 is 1.22 bits per heavy atom. The van der Waals surface area contributed by atoms with Crippen molar-refractivity contribution in [3.8, 4) is 0 Å².